The smallest absolute Gasteiger partial charge is 0.417 e. The summed E-state index contributed by atoms with van der Waals surface area (Å²) in [5.41, 5.74) is -0.667. The summed E-state index contributed by atoms with van der Waals surface area (Å²) >= 11 is 0. The maximum atomic E-state index is 12.5. The van der Waals surface area contributed by atoms with Crippen LogP contribution in [0.25, 0.3) is 0 Å². The van der Waals surface area contributed by atoms with Crippen LogP contribution in [0.15, 0.2) is 0 Å². The lowest BCUT2D eigenvalue weighted by Gasteiger charge is -2.40. The highest BCUT2D eigenvalue weighted by molar-refractivity contribution is 5.98. The van der Waals surface area contributed by atoms with Crippen LogP contribution in [0, 0.1) is 11.8 Å². The minimum atomic E-state index is -1.30. The number of piperidine rings is 1. The summed E-state index contributed by atoms with van der Waals surface area (Å²) in [6, 6.07) is -0.551. The van der Waals surface area contributed by atoms with Crippen LogP contribution in [0.2, 0.25) is 0 Å². The Labute approximate surface area is 128 Å². The molecule has 7 heteroatoms. The van der Waals surface area contributed by atoms with Crippen molar-refractivity contribution in [3.63, 3.8) is 0 Å². The summed E-state index contributed by atoms with van der Waals surface area (Å²) in [7, 11) is 0. The second kappa shape index (κ2) is 4.43. The molecule has 4 aliphatic rings. The standard InChI is InChI=1S/C15H21NO6/c1-14(2,3)22-13(18)16-11(9-6-10(9)12(16)17)15-19-5-4-8(21-15)7-20-15/h8-11H,4-7H2,1-3H3/t8-,9+,10-,11?,15+/m1/s1. The number of rotatable bonds is 1. The molecule has 22 heavy (non-hydrogen) atoms. The summed E-state index contributed by atoms with van der Waals surface area (Å²) in [5.74, 6) is -1.60. The lowest BCUT2D eigenvalue weighted by molar-refractivity contribution is -0.375. The predicted molar refractivity (Wildman–Crippen MR) is 72.6 cm³/mol. The van der Waals surface area contributed by atoms with Gasteiger partial charge in [0.2, 0.25) is 5.91 Å². The molecule has 3 aliphatic heterocycles. The van der Waals surface area contributed by atoms with E-state index in [-0.39, 0.29) is 23.8 Å². The van der Waals surface area contributed by atoms with Crippen LogP contribution in [0.4, 0.5) is 4.79 Å². The molecule has 4 fully saturated rings. The largest absolute Gasteiger partial charge is 0.443 e. The number of hydrogen-bond acceptors (Lipinski definition) is 6. The Hall–Kier alpha value is -1.18. The van der Waals surface area contributed by atoms with E-state index in [9.17, 15) is 9.59 Å². The average Bonchev–Trinajstić information content (AvgIpc) is 3.07. The van der Waals surface area contributed by atoms with Gasteiger partial charge in [0.1, 0.15) is 11.6 Å². The molecule has 0 aromatic carbocycles. The number of likely N-dealkylation sites (tertiary alicyclic amines) is 1. The average molecular weight is 311 g/mol. The van der Waals surface area contributed by atoms with Crippen molar-refractivity contribution in [2.24, 2.45) is 11.8 Å². The molecule has 3 saturated heterocycles. The van der Waals surface area contributed by atoms with Crippen molar-refractivity contribution in [1.29, 1.82) is 0 Å². The van der Waals surface area contributed by atoms with Crippen LogP contribution in [-0.4, -0.2) is 53.8 Å². The SMILES string of the molecule is CC(C)(C)OC(=O)N1C(=O)[C@@H]2C[C@@H]2C1[C@]12OCC[C@H](CO1)O2. The zero-order chi connectivity index (χ0) is 15.7. The second-order valence-corrected chi connectivity index (χ2v) is 7.43. The highest BCUT2D eigenvalue weighted by Crippen LogP contribution is 2.56. The summed E-state index contributed by atoms with van der Waals surface area (Å²) in [6.07, 6.45) is 0.852. The molecule has 0 aromatic heterocycles. The minimum absolute atomic E-state index is 0.0258. The van der Waals surface area contributed by atoms with Gasteiger partial charge in [-0.15, -0.1) is 0 Å². The van der Waals surface area contributed by atoms with E-state index in [0.717, 1.165) is 17.7 Å². The Kier molecular flexibility index (Phi) is 2.90. The number of carbonyl (C=O) groups excluding carboxylic acids is 2. The summed E-state index contributed by atoms with van der Waals surface area (Å²) < 4.78 is 22.8. The molecule has 4 rings (SSSR count). The van der Waals surface area contributed by atoms with Crippen molar-refractivity contribution < 1.29 is 28.5 Å². The van der Waals surface area contributed by atoms with Gasteiger partial charge in [0.15, 0.2) is 0 Å². The zero-order valence-electron chi connectivity index (χ0n) is 13.0. The Morgan fingerprint density at radius 2 is 2.14 bits per heavy atom. The predicted octanol–water partition coefficient (Wildman–Crippen LogP) is 1.26. The highest BCUT2D eigenvalue weighted by atomic mass is 16.9. The van der Waals surface area contributed by atoms with Gasteiger partial charge in [-0.1, -0.05) is 0 Å². The molecule has 2 bridgehead atoms. The van der Waals surface area contributed by atoms with E-state index >= 15 is 0 Å². The third kappa shape index (κ3) is 2.06. The lowest BCUT2D eigenvalue weighted by atomic mass is 10.1. The van der Waals surface area contributed by atoms with Crippen LogP contribution in [0.1, 0.15) is 33.6 Å². The normalized spacial score (nSPS) is 43.2. The fraction of sp³-hybridized carbons (Fsp3) is 0.867. The molecule has 2 amide bonds. The minimum Gasteiger partial charge on any atom is -0.443 e. The maximum Gasteiger partial charge on any atom is 0.417 e. The fourth-order valence-electron chi connectivity index (χ4n) is 3.59. The Bertz CT molecular complexity index is 525. The van der Waals surface area contributed by atoms with E-state index in [1.165, 1.54) is 0 Å². The Morgan fingerprint density at radius 1 is 1.36 bits per heavy atom. The van der Waals surface area contributed by atoms with Gasteiger partial charge in [0.05, 0.1) is 19.3 Å². The lowest BCUT2D eigenvalue weighted by Crippen LogP contribution is -2.59. The first-order chi connectivity index (χ1) is 10.3. The molecule has 1 saturated carbocycles. The second-order valence-electron chi connectivity index (χ2n) is 7.43. The van der Waals surface area contributed by atoms with Crippen molar-refractivity contribution in [3.8, 4) is 0 Å². The van der Waals surface area contributed by atoms with Gasteiger partial charge in [-0.05, 0) is 33.6 Å². The Balaban J connectivity index is 1.62. The molecule has 5 atom stereocenters. The van der Waals surface area contributed by atoms with Crippen LogP contribution >= 0.6 is 0 Å². The van der Waals surface area contributed by atoms with Gasteiger partial charge in [0, 0.05) is 11.8 Å². The molecule has 0 aromatic rings. The molecule has 0 radical (unpaired) electrons. The molecule has 0 spiro atoms. The molecule has 122 valence electrons. The van der Waals surface area contributed by atoms with E-state index in [0.29, 0.717) is 13.2 Å². The van der Waals surface area contributed by atoms with Crippen LogP contribution in [0.3, 0.4) is 0 Å². The van der Waals surface area contributed by atoms with Gasteiger partial charge in [0.25, 0.3) is 0 Å². The van der Waals surface area contributed by atoms with E-state index in [1.54, 1.807) is 20.8 Å². The number of imide groups is 1. The van der Waals surface area contributed by atoms with E-state index in [2.05, 4.69) is 0 Å². The highest BCUT2D eigenvalue weighted by Gasteiger charge is 2.71. The molecule has 1 aliphatic carbocycles. The first-order valence-electron chi connectivity index (χ1n) is 7.82. The maximum absolute atomic E-state index is 12.5. The summed E-state index contributed by atoms with van der Waals surface area (Å²) in [6.45, 7) is 6.26. The zero-order valence-corrected chi connectivity index (χ0v) is 13.0. The number of ether oxygens (including phenoxy) is 4. The third-order valence-electron chi connectivity index (χ3n) is 4.57. The van der Waals surface area contributed by atoms with Crippen LogP contribution < -0.4 is 0 Å². The van der Waals surface area contributed by atoms with Crippen molar-refractivity contribution in [2.45, 2.75) is 57.3 Å². The first-order valence-corrected chi connectivity index (χ1v) is 7.82. The van der Waals surface area contributed by atoms with Gasteiger partial charge in [-0.2, -0.15) is 0 Å². The topological polar surface area (TPSA) is 74.3 Å². The Morgan fingerprint density at radius 3 is 2.86 bits per heavy atom. The number of amides is 2. The van der Waals surface area contributed by atoms with E-state index < -0.39 is 23.7 Å². The molecule has 7 nitrogen and oxygen atoms in total. The number of hydrogen-bond donors (Lipinski definition) is 0. The fourth-order valence-corrected chi connectivity index (χ4v) is 3.59. The number of fused-ring (bicyclic) bond motifs is 3. The number of nitrogens with zero attached hydrogens (tertiary/aromatic N) is 1. The van der Waals surface area contributed by atoms with E-state index in [1.807, 2.05) is 0 Å². The number of carbonyl (C=O) groups is 2. The molecular formula is C15H21NO6. The molecule has 1 unspecified atom stereocenters. The van der Waals surface area contributed by atoms with Crippen molar-refractivity contribution in [2.75, 3.05) is 13.2 Å². The van der Waals surface area contributed by atoms with Crippen molar-refractivity contribution >= 4 is 12.0 Å². The van der Waals surface area contributed by atoms with Crippen molar-refractivity contribution in [1.82, 2.24) is 4.90 Å². The third-order valence-corrected chi connectivity index (χ3v) is 4.57. The first kappa shape index (κ1) is 14.4. The molecule has 3 heterocycles. The van der Waals surface area contributed by atoms with Crippen LogP contribution in [-0.2, 0) is 23.7 Å². The van der Waals surface area contributed by atoms with Gasteiger partial charge in [-0.3, -0.25) is 4.79 Å². The van der Waals surface area contributed by atoms with Crippen LogP contribution in [0.5, 0.6) is 0 Å². The molecule has 0 N–H and O–H groups in total. The van der Waals surface area contributed by atoms with Crippen molar-refractivity contribution in [3.05, 3.63) is 0 Å². The van der Waals surface area contributed by atoms with Gasteiger partial charge >= 0.3 is 12.1 Å². The monoisotopic (exact) mass is 311 g/mol. The van der Waals surface area contributed by atoms with Gasteiger partial charge < -0.3 is 18.9 Å². The molecular weight excluding hydrogens is 290 g/mol. The van der Waals surface area contributed by atoms with E-state index in [4.69, 9.17) is 18.9 Å². The summed E-state index contributed by atoms with van der Waals surface area (Å²) in [5, 5.41) is 0. The quantitative estimate of drug-likeness (QED) is 0.726. The summed E-state index contributed by atoms with van der Waals surface area (Å²) in [4.78, 5) is 26.1. The van der Waals surface area contributed by atoms with Gasteiger partial charge in [-0.25, -0.2) is 9.69 Å².